The lowest BCUT2D eigenvalue weighted by molar-refractivity contribution is -0.142. The van der Waals surface area contributed by atoms with Crippen molar-refractivity contribution >= 4 is 15.9 Å². The van der Waals surface area contributed by atoms with Gasteiger partial charge in [0.15, 0.2) is 0 Å². The fourth-order valence-corrected chi connectivity index (χ4v) is 5.69. The zero-order valence-electron chi connectivity index (χ0n) is 16.8. The lowest BCUT2D eigenvalue weighted by Gasteiger charge is -2.48. The molecule has 2 aliphatic heterocycles. The van der Waals surface area contributed by atoms with E-state index in [4.69, 9.17) is 0 Å². The number of carbonyl (C=O) groups is 1. The molecule has 0 aliphatic carbocycles. The van der Waals surface area contributed by atoms with Crippen molar-refractivity contribution in [3.63, 3.8) is 0 Å². The van der Waals surface area contributed by atoms with Gasteiger partial charge in [0.05, 0.1) is 12.3 Å². The summed E-state index contributed by atoms with van der Waals surface area (Å²) in [5.41, 5.74) is 3.40. The van der Waals surface area contributed by atoms with Crippen LogP contribution in [0.2, 0.25) is 0 Å². The van der Waals surface area contributed by atoms with Crippen molar-refractivity contribution in [3.8, 4) is 11.1 Å². The minimum absolute atomic E-state index is 0.151. The molecule has 5 nitrogen and oxygen atoms in total. The van der Waals surface area contributed by atoms with Crippen molar-refractivity contribution in [1.82, 2.24) is 9.62 Å². The van der Waals surface area contributed by atoms with Gasteiger partial charge in [0.2, 0.25) is 15.9 Å². The summed E-state index contributed by atoms with van der Waals surface area (Å²) in [5, 5.41) is 0. The number of benzene rings is 2. The van der Waals surface area contributed by atoms with Crippen LogP contribution >= 0.6 is 0 Å². The molecule has 29 heavy (non-hydrogen) atoms. The van der Waals surface area contributed by atoms with Crippen LogP contribution in [0.25, 0.3) is 11.1 Å². The highest BCUT2D eigenvalue weighted by atomic mass is 32.2. The third-order valence-corrected chi connectivity index (χ3v) is 6.82. The Morgan fingerprint density at radius 2 is 1.76 bits per heavy atom. The Morgan fingerprint density at radius 1 is 1.00 bits per heavy atom. The number of nitrogens with one attached hydrogen (secondary N) is 1. The SMILES string of the molecule is CS(=O)(=O)N[C@H]1CC[C@@H]2CCCC(=O)N2[C@H]1Cc1cccc(-c2ccccc2)c1. The van der Waals surface area contributed by atoms with Crippen LogP contribution in [0.5, 0.6) is 0 Å². The lowest BCUT2D eigenvalue weighted by Crippen LogP contribution is -2.62. The van der Waals surface area contributed by atoms with Crippen molar-refractivity contribution in [1.29, 1.82) is 0 Å². The number of amides is 1. The molecule has 154 valence electrons. The summed E-state index contributed by atoms with van der Waals surface area (Å²) in [6.45, 7) is 0. The lowest BCUT2D eigenvalue weighted by atomic mass is 9.83. The minimum atomic E-state index is -3.34. The standard InChI is InChI=1S/C23H28N2O3S/c1-29(27,28)24-21-14-13-20-11-6-12-23(26)25(20)22(21)16-17-7-5-10-19(15-17)18-8-3-2-4-9-18/h2-5,7-10,15,20-22,24H,6,11-14,16H2,1H3/t20-,21-,22-/m0/s1. The van der Waals surface area contributed by atoms with Crippen molar-refractivity contribution in [2.24, 2.45) is 0 Å². The zero-order valence-corrected chi connectivity index (χ0v) is 17.6. The highest BCUT2D eigenvalue weighted by Gasteiger charge is 2.42. The topological polar surface area (TPSA) is 66.5 Å². The Kier molecular flexibility index (Phi) is 5.74. The van der Waals surface area contributed by atoms with E-state index in [2.05, 4.69) is 35.1 Å². The van der Waals surface area contributed by atoms with Gasteiger partial charge in [0.1, 0.15) is 0 Å². The van der Waals surface area contributed by atoms with Gasteiger partial charge in [-0.25, -0.2) is 13.1 Å². The summed E-state index contributed by atoms with van der Waals surface area (Å²) in [7, 11) is -3.34. The summed E-state index contributed by atoms with van der Waals surface area (Å²) < 4.78 is 26.7. The number of rotatable bonds is 5. The van der Waals surface area contributed by atoms with Crippen molar-refractivity contribution in [3.05, 3.63) is 60.2 Å². The third kappa shape index (κ3) is 4.70. The fourth-order valence-electron chi connectivity index (χ4n) is 4.86. The Balaban J connectivity index is 1.64. The van der Waals surface area contributed by atoms with Crippen molar-refractivity contribution in [2.45, 2.75) is 56.7 Å². The van der Waals surface area contributed by atoms with Crippen LogP contribution in [0.15, 0.2) is 54.6 Å². The summed E-state index contributed by atoms with van der Waals surface area (Å²) in [4.78, 5) is 14.8. The van der Waals surface area contributed by atoms with E-state index in [1.807, 2.05) is 29.2 Å². The zero-order chi connectivity index (χ0) is 20.4. The first kappa shape index (κ1) is 20.1. The average Bonchev–Trinajstić information content (AvgIpc) is 2.70. The first-order chi connectivity index (χ1) is 13.9. The predicted molar refractivity (Wildman–Crippen MR) is 115 cm³/mol. The second-order valence-electron chi connectivity index (χ2n) is 8.26. The maximum Gasteiger partial charge on any atom is 0.223 e. The first-order valence-electron chi connectivity index (χ1n) is 10.3. The Bertz CT molecular complexity index is 975. The molecule has 2 aromatic rings. The van der Waals surface area contributed by atoms with Crippen LogP contribution in [-0.2, 0) is 21.2 Å². The molecule has 1 N–H and O–H groups in total. The Labute approximate surface area is 173 Å². The fraction of sp³-hybridized carbons (Fsp3) is 0.435. The molecule has 0 aromatic heterocycles. The molecule has 2 aromatic carbocycles. The van der Waals surface area contributed by atoms with E-state index in [0.717, 1.165) is 42.4 Å². The second-order valence-corrected chi connectivity index (χ2v) is 10.0. The molecule has 0 bridgehead atoms. The first-order valence-corrected chi connectivity index (χ1v) is 12.2. The van der Waals surface area contributed by atoms with Crippen molar-refractivity contribution < 1.29 is 13.2 Å². The van der Waals surface area contributed by atoms with Crippen LogP contribution in [0, 0.1) is 0 Å². The number of nitrogens with zero attached hydrogens (tertiary/aromatic N) is 1. The molecule has 3 atom stereocenters. The number of sulfonamides is 1. The monoisotopic (exact) mass is 412 g/mol. The summed E-state index contributed by atoms with van der Waals surface area (Å²) in [6.07, 6.45) is 5.98. The van der Waals surface area contributed by atoms with Crippen LogP contribution in [0.1, 0.15) is 37.7 Å². The third-order valence-electron chi connectivity index (χ3n) is 6.09. The van der Waals surface area contributed by atoms with Gasteiger partial charge in [-0.3, -0.25) is 4.79 Å². The molecule has 0 radical (unpaired) electrons. The average molecular weight is 413 g/mol. The quantitative estimate of drug-likeness (QED) is 0.819. The van der Waals surface area contributed by atoms with Crippen molar-refractivity contribution in [2.75, 3.05) is 6.26 Å². The number of carbonyl (C=O) groups excluding carboxylic acids is 1. The highest BCUT2D eigenvalue weighted by Crippen LogP contribution is 2.33. The molecule has 1 amide bonds. The maximum absolute atomic E-state index is 12.8. The van der Waals surface area contributed by atoms with Gasteiger partial charge in [0.25, 0.3) is 0 Å². The van der Waals surface area contributed by atoms with E-state index in [0.29, 0.717) is 12.8 Å². The number of fused-ring (bicyclic) bond motifs is 1. The molecular weight excluding hydrogens is 384 g/mol. The number of piperidine rings is 2. The maximum atomic E-state index is 12.8. The summed E-state index contributed by atoms with van der Waals surface area (Å²) in [5.74, 6) is 0.158. The molecule has 6 heteroatoms. The molecule has 2 fully saturated rings. The molecular formula is C23H28N2O3S. The summed E-state index contributed by atoms with van der Waals surface area (Å²) in [6, 6.07) is 18.4. The van der Waals surface area contributed by atoms with E-state index in [-0.39, 0.29) is 24.0 Å². The van der Waals surface area contributed by atoms with Crippen LogP contribution in [0.4, 0.5) is 0 Å². The predicted octanol–water partition coefficient (Wildman–Crippen LogP) is 3.36. The minimum Gasteiger partial charge on any atom is -0.335 e. The molecule has 2 heterocycles. The molecule has 4 rings (SSSR count). The van der Waals surface area contributed by atoms with Gasteiger partial charge in [0, 0.05) is 18.5 Å². The van der Waals surface area contributed by atoms with Gasteiger partial charge >= 0.3 is 0 Å². The summed E-state index contributed by atoms with van der Waals surface area (Å²) >= 11 is 0. The number of hydrogen-bond donors (Lipinski definition) is 1. The second kappa shape index (κ2) is 8.28. The highest BCUT2D eigenvalue weighted by molar-refractivity contribution is 7.88. The molecule has 0 unspecified atom stereocenters. The van der Waals surface area contributed by atoms with Gasteiger partial charge in [-0.05, 0) is 48.8 Å². The molecule has 2 saturated heterocycles. The van der Waals surface area contributed by atoms with Gasteiger partial charge in [-0.2, -0.15) is 0 Å². The van der Waals surface area contributed by atoms with E-state index in [1.165, 1.54) is 6.26 Å². The van der Waals surface area contributed by atoms with Gasteiger partial charge in [-0.1, -0.05) is 54.6 Å². The number of hydrogen-bond acceptors (Lipinski definition) is 3. The van der Waals surface area contributed by atoms with Crippen LogP contribution in [0.3, 0.4) is 0 Å². The van der Waals surface area contributed by atoms with E-state index in [1.54, 1.807) is 0 Å². The normalized spacial score (nSPS) is 24.9. The molecule has 0 spiro atoms. The molecule has 2 aliphatic rings. The Hall–Kier alpha value is -2.18. The van der Waals surface area contributed by atoms with E-state index < -0.39 is 10.0 Å². The van der Waals surface area contributed by atoms with E-state index in [9.17, 15) is 13.2 Å². The molecule has 0 saturated carbocycles. The Morgan fingerprint density at radius 3 is 2.52 bits per heavy atom. The van der Waals surface area contributed by atoms with Gasteiger partial charge < -0.3 is 4.90 Å². The largest absolute Gasteiger partial charge is 0.335 e. The smallest absolute Gasteiger partial charge is 0.223 e. The van der Waals surface area contributed by atoms with Crippen LogP contribution in [-0.4, -0.2) is 43.6 Å². The van der Waals surface area contributed by atoms with E-state index >= 15 is 0 Å². The van der Waals surface area contributed by atoms with Gasteiger partial charge in [-0.15, -0.1) is 0 Å². The van der Waals surface area contributed by atoms with Crippen LogP contribution < -0.4 is 4.72 Å².